The zero-order chi connectivity index (χ0) is 19.3. The fraction of sp³-hybridized carbons (Fsp3) is 0.0667. The molecule has 0 amide bonds. The van der Waals surface area contributed by atoms with Gasteiger partial charge in [0.25, 0.3) is 11.4 Å². The van der Waals surface area contributed by atoms with Crippen molar-refractivity contribution < 1.29 is 19.5 Å². The molecule has 0 aliphatic carbocycles. The van der Waals surface area contributed by atoms with Crippen LogP contribution in [0.5, 0.6) is 0 Å². The number of non-ortho nitro benzene ring substituents is 2. The highest BCUT2D eigenvalue weighted by Gasteiger charge is 2.16. The number of nitro groups is 2. The van der Waals surface area contributed by atoms with Gasteiger partial charge in [-0.1, -0.05) is 28.9 Å². The van der Waals surface area contributed by atoms with Crippen molar-refractivity contribution in [3.8, 4) is 0 Å². The van der Waals surface area contributed by atoms with E-state index in [1.807, 2.05) is 0 Å². The van der Waals surface area contributed by atoms with Crippen molar-refractivity contribution >= 4 is 34.8 Å². The van der Waals surface area contributed by atoms with Gasteiger partial charge in [-0.3, -0.25) is 20.2 Å². The molecule has 2 aromatic rings. The van der Waals surface area contributed by atoms with E-state index < -0.39 is 15.8 Å². The van der Waals surface area contributed by atoms with E-state index in [0.29, 0.717) is 5.56 Å². The van der Waals surface area contributed by atoms with Gasteiger partial charge in [0, 0.05) is 30.7 Å². The van der Waals surface area contributed by atoms with Crippen LogP contribution in [0.3, 0.4) is 0 Å². The third-order valence-corrected chi connectivity index (χ3v) is 3.47. The Balaban J connectivity index is 2.02. The zero-order valence-electron chi connectivity index (χ0n) is 13.0. The Kier molecular flexibility index (Phi) is 5.81. The van der Waals surface area contributed by atoms with Crippen LogP contribution in [-0.4, -0.2) is 21.7 Å². The summed E-state index contributed by atoms with van der Waals surface area (Å²) in [5.41, 5.74) is 5.83. The fourth-order valence-corrected chi connectivity index (χ4v) is 2.16. The normalized spacial score (nSPS) is 11.0. The van der Waals surface area contributed by atoms with Gasteiger partial charge in [0.2, 0.25) is 0 Å². The molecule has 0 atom stereocenters. The molecule has 26 heavy (non-hydrogen) atoms. The summed E-state index contributed by atoms with van der Waals surface area (Å²) < 4.78 is 0. The highest BCUT2D eigenvalue weighted by molar-refractivity contribution is 6.33. The number of rotatable bonds is 6. The summed E-state index contributed by atoms with van der Waals surface area (Å²) in [7, 11) is 0. The molecule has 11 heteroatoms. The molecule has 0 radical (unpaired) electrons. The van der Waals surface area contributed by atoms with E-state index in [2.05, 4.69) is 9.99 Å². The van der Waals surface area contributed by atoms with E-state index in [0.717, 1.165) is 18.2 Å². The van der Waals surface area contributed by atoms with Crippen molar-refractivity contribution in [1.29, 1.82) is 0 Å². The molecule has 2 N–H and O–H groups in total. The Morgan fingerprint density at radius 1 is 1.08 bits per heavy atom. The van der Waals surface area contributed by atoms with Gasteiger partial charge in [-0.15, -0.1) is 0 Å². The van der Waals surface area contributed by atoms with E-state index in [1.54, 1.807) is 0 Å². The van der Waals surface area contributed by atoms with Crippen LogP contribution in [0.4, 0.5) is 11.4 Å². The second kappa shape index (κ2) is 8.03. The molecule has 2 rings (SSSR count). The van der Waals surface area contributed by atoms with E-state index in [9.17, 15) is 25.0 Å². The van der Waals surface area contributed by atoms with Gasteiger partial charge >= 0.3 is 5.97 Å². The van der Waals surface area contributed by atoms with Crippen molar-refractivity contribution in [1.82, 2.24) is 0 Å². The molecular formula is C15H11ClN4O6. The maximum atomic E-state index is 11.9. The van der Waals surface area contributed by atoms with Gasteiger partial charge in [0.05, 0.1) is 20.4 Å². The van der Waals surface area contributed by atoms with Crippen LogP contribution in [0.2, 0.25) is 5.02 Å². The van der Waals surface area contributed by atoms with Crippen LogP contribution in [-0.2, 0) is 11.3 Å². The first-order valence-electron chi connectivity index (χ1n) is 6.99. The van der Waals surface area contributed by atoms with Gasteiger partial charge in [-0.25, -0.2) is 4.79 Å². The molecule has 0 bridgehead atoms. The number of nitro benzene ring substituents is 2. The van der Waals surface area contributed by atoms with Gasteiger partial charge in [0.15, 0.2) is 0 Å². The summed E-state index contributed by atoms with van der Waals surface area (Å²) in [6, 6.07) is 8.88. The topological polar surface area (TPSA) is 151 Å². The number of hydrogen-bond donors (Lipinski definition) is 1. The summed E-state index contributed by atoms with van der Waals surface area (Å²) in [4.78, 5) is 36.6. The minimum absolute atomic E-state index is 0.0507. The highest BCUT2D eigenvalue weighted by atomic mass is 35.5. The Hall–Kier alpha value is -3.53. The number of benzene rings is 2. The smallest absolute Gasteiger partial charge is 0.367 e. The first kappa shape index (κ1) is 18.8. The third-order valence-electron chi connectivity index (χ3n) is 3.16. The average molecular weight is 379 g/mol. The van der Waals surface area contributed by atoms with E-state index in [1.165, 1.54) is 24.3 Å². The standard InChI is InChI=1S/C15H11ClN4O6/c16-13-8-11(20(24)25)5-6-12(13)15(21)26-18-14(17)7-9-1-3-10(4-2-9)19(22)23/h1-6,8H,7H2,(H2,17,18). The molecule has 0 aromatic heterocycles. The summed E-state index contributed by atoms with van der Waals surface area (Å²) in [5, 5.41) is 24.5. The van der Waals surface area contributed by atoms with Gasteiger partial charge in [-0.05, 0) is 11.6 Å². The summed E-state index contributed by atoms with van der Waals surface area (Å²) >= 11 is 5.81. The highest BCUT2D eigenvalue weighted by Crippen LogP contribution is 2.23. The van der Waals surface area contributed by atoms with Crippen molar-refractivity contribution in [3.63, 3.8) is 0 Å². The number of oxime groups is 1. The Morgan fingerprint density at radius 2 is 1.65 bits per heavy atom. The molecule has 0 aliphatic rings. The van der Waals surface area contributed by atoms with Gasteiger partial charge < -0.3 is 10.6 Å². The first-order valence-corrected chi connectivity index (χ1v) is 7.36. The van der Waals surface area contributed by atoms with Crippen LogP contribution in [0, 0.1) is 20.2 Å². The number of carbonyl (C=O) groups is 1. The van der Waals surface area contributed by atoms with Crippen molar-refractivity contribution in [2.45, 2.75) is 6.42 Å². The number of carbonyl (C=O) groups excluding carboxylic acids is 1. The largest absolute Gasteiger partial charge is 0.384 e. The number of amidine groups is 1. The lowest BCUT2D eigenvalue weighted by Crippen LogP contribution is -2.16. The number of nitrogens with two attached hydrogens (primary N) is 1. The Morgan fingerprint density at radius 3 is 2.19 bits per heavy atom. The lowest BCUT2D eigenvalue weighted by Gasteiger charge is -2.03. The second-order valence-electron chi connectivity index (χ2n) is 4.98. The summed E-state index contributed by atoms with van der Waals surface area (Å²) in [5.74, 6) is -0.984. The molecule has 0 unspecified atom stereocenters. The molecule has 0 heterocycles. The zero-order valence-corrected chi connectivity index (χ0v) is 13.8. The van der Waals surface area contributed by atoms with E-state index in [4.69, 9.17) is 17.3 Å². The van der Waals surface area contributed by atoms with E-state index in [-0.39, 0.29) is 34.2 Å². The van der Waals surface area contributed by atoms with Crippen molar-refractivity contribution in [2.75, 3.05) is 0 Å². The maximum absolute atomic E-state index is 11.9. The van der Waals surface area contributed by atoms with E-state index >= 15 is 0 Å². The number of hydrogen-bond acceptors (Lipinski definition) is 7. The predicted molar refractivity (Wildman–Crippen MR) is 91.9 cm³/mol. The van der Waals surface area contributed by atoms with Crippen molar-refractivity contribution in [3.05, 3.63) is 78.8 Å². The molecule has 10 nitrogen and oxygen atoms in total. The molecule has 0 fully saturated rings. The number of nitrogens with zero attached hydrogens (tertiary/aromatic N) is 3. The van der Waals surface area contributed by atoms with Crippen LogP contribution in [0.15, 0.2) is 47.6 Å². The average Bonchev–Trinajstić information content (AvgIpc) is 2.60. The fourth-order valence-electron chi connectivity index (χ4n) is 1.91. The molecule has 0 saturated heterocycles. The molecule has 0 spiro atoms. The van der Waals surface area contributed by atoms with Gasteiger partial charge in [0.1, 0.15) is 5.84 Å². The Labute approximate surface area is 151 Å². The minimum atomic E-state index is -0.934. The lowest BCUT2D eigenvalue weighted by atomic mass is 10.1. The molecule has 0 saturated carbocycles. The Bertz CT molecular complexity index is 898. The lowest BCUT2D eigenvalue weighted by molar-refractivity contribution is -0.385. The number of halogens is 1. The molecule has 2 aromatic carbocycles. The molecule has 0 aliphatic heterocycles. The third kappa shape index (κ3) is 4.74. The minimum Gasteiger partial charge on any atom is -0.384 e. The second-order valence-corrected chi connectivity index (χ2v) is 5.39. The quantitative estimate of drug-likeness (QED) is 0.266. The van der Waals surface area contributed by atoms with Crippen LogP contribution >= 0.6 is 11.6 Å². The maximum Gasteiger partial charge on any atom is 0.367 e. The summed E-state index contributed by atoms with van der Waals surface area (Å²) in [6.07, 6.45) is 0.0965. The SMILES string of the molecule is N/C(Cc1ccc([N+](=O)[O-])cc1)=N\OC(=O)c1ccc([N+](=O)[O-])cc1Cl. The van der Waals surface area contributed by atoms with Crippen LogP contribution in [0.25, 0.3) is 0 Å². The predicted octanol–water partition coefficient (Wildman–Crippen LogP) is 2.83. The van der Waals surface area contributed by atoms with Gasteiger partial charge in [-0.2, -0.15) is 0 Å². The molecular weight excluding hydrogens is 368 g/mol. The van der Waals surface area contributed by atoms with Crippen LogP contribution in [0.1, 0.15) is 15.9 Å². The van der Waals surface area contributed by atoms with Crippen LogP contribution < -0.4 is 5.73 Å². The van der Waals surface area contributed by atoms with Crippen molar-refractivity contribution in [2.24, 2.45) is 10.9 Å². The molecule has 134 valence electrons. The first-order chi connectivity index (χ1) is 12.3. The summed E-state index contributed by atoms with van der Waals surface area (Å²) in [6.45, 7) is 0. The monoisotopic (exact) mass is 378 g/mol.